The lowest BCUT2D eigenvalue weighted by atomic mass is 10.0. The molecule has 2 amide bonds. The van der Waals surface area contributed by atoms with E-state index >= 15 is 0 Å². The summed E-state index contributed by atoms with van der Waals surface area (Å²) in [5.74, 6) is 1.18. The third-order valence-electron chi connectivity index (χ3n) is 5.75. The molecule has 30 heavy (non-hydrogen) atoms. The average Bonchev–Trinajstić information content (AvgIpc) is 3.03. The van der Waals surface area contributed by atoms with Crippen LogP contribution in [0.2, 0.25) is 0 Å². The van der Waals surface area contributed by atoms with Crippen LogP contribution in [0.1, 0.15) is 44.7 Å². The predicted molar refractivity (Wildman–Crippen MR) is 110 cm³/mol. The molecular weight excluding hydrogens is 386 g/mol. The zero-order valence-corrected chi connectivity index (χ0v) is 17.5. The van der Waals surface area contributed by atoms with Gasteiger partial charge in [0.1, 0.15) is 0 Å². The fourth-order valence-corrected chi connectivity index (χ4v) is 4.39. The Balaban J connectivity index is 1.58. The molecule has 0 spiro atoms. The minimum atomic E-state index is -0.396. The van der Waals surface area contributed by atoms with Gasteiger partial charge < -0.3 is 24.8 Å². The number of esters is 1. The second-order valence-electron chi connectivity index (χ2n) is 7.82. The Morgan fingerprint density at radius 1 is 1.23 bits per heavy atom. The average molecular weight is 415 g/mol. The SMILES string of the molecule is CCOC(=O)C1=C(CN2CCC[C@H]2c2ccc3c(c2)OCCCO3)NC(=O)N[C@H]1C. The number of carbonyl (C=O) groups is 2. The van der Waals surface area contributed by atoms with Gasteiger partial charge >= 0.3 is 12.0 Å². The summed E-state index contributed by atoms with van der Waals surface area (Å²) >= 11 is 0. The van der Waals surface area contributed by atoms with Gasteiger partial charge in [0.2, 0.25) is 0 Å². The maximum Gasteiger partial charge on any atom is 0.337 e. The second-order valence-corrected chi connectivity index (χ2v) is 7.82. The van der Waals surface area contributed by atoms with Gasteiger partial charge in [0, 0.05) is 24.7 Å². The number of rotatable bonds is 5. The molecule has 0 aromatic heterocycles. The van der Waals surface area contributed by atoms with E-state index in [9.17, 15) is 9.59 Å². The van der Waals surface area contributed by atoms with E-state index in [4.69, 9.17) is 14.2 Å². The number of amides is 2. The Morgan fingerprint density at radius 3 is 2.83 bits per heavy atom. The first kappa shape index (κ1) is 20.5. The largest absolute Gasteiger partial charge is 0.490 e. The van der Waals surface area contributed by atoms with E-state index in [0.717, 1.165) is 42.9 Å². The highest BCUT2D eigenvalue weighted by Gasteiger charge is 2.34. The summed E-state index contributed by atoms with van der Waals surface area (Å²) in [5.41, 5.74) is 2.26. The Labute approximate surface area is 176 Å². The first-order chi connectivity index (χ1) is 14.6. The highest BCUT2D eigenvalue weighted by Crippen LogP contribution is 2.38. The van der Waals surface area contributed by atoms with Crippen molar-refractivity contribution in [2.24, 2.45) is 0 Å². The molecule has 1 saturated heterocycles. The minimum Gasteiger partial charge on any atom is -0.490 e. The molecule has 8 nitrogen and oxygen atoms in total. The first-order valence-corrected chi connectivity index (χ1v) is 10.7. The maximum atomic E-state index is 12.5. The molecule has 8 heteroatoms. The zero-order valence-electron chi connectivity index (χ0n) is 17.5. The van der Waals surface area contributed by atoms with Crippen molar-refractivity contribution in [1.82, 2.24) is 15.5 Å². The molecule has 162 valence electrons. The van der Waals surface area contributed by atoms with Gasteiger partial charge in [-0.3, -0.25) is 4.90 Å². The van der Waals surface area contributed by atoms with Crippen molar-refractivity contribution in [3.63, 3.8) is 0 Å². The molecule has 0 radical (unpaired) electrons. The lowest BCUT2D eigenvalue weighted by Gasteiger charge is -2.31. The number of fused-ring (bicyclic) bond motifs is 1. The highest BCUT2D eigenvalue weighted by molar-refractivity contribution is 5.94. The highest BCUT2D eigenvalue weighted by atomic mass is 16.5. The van der Waals surface area contributed by atoms with E-state index in [-0.39, 0.29) is 18.0 Å². The van der Waals surface area contributed by atoms with Crippen LogP contribution in [-0.2, 0) is 9.53 Å². The molecule has 3 aliphatic rings. The van der Waals surface area contributed by atoms with Gasteiger partial charge in [0.25, 0.3) is 0 Å². The quantitative estimate of drug-likeness (QED) is 0.719. The summed E-state index contributed by atoms with van der Waals surface area (Å²) in [6, 6.07) is 5.61. The van der Waals surface area contributed by atoms with Crippen LogP contribution in [0, 0.1) is 0 Å². The number of nitrogens with zero attached hydrogens (tertiary/aromatic N) is 1. The van der Waals surface area contributed by atoms with Crippen molar-refractivity contribution in [3.05, 3.63) is 35.0 Å². The Bertz CT molecular complexity index is 853. The normalized spacial score (nSPS) is 24.1. The molecule has 2 N–H and O–H groups in total. The van der Waals surface area contributed by atoms with Gasteiger partial charge in [-0.2, -0.15) is 0 Å². The smallest absolute Gasteiger partial charge is 0.337 e. The summed E-state index contributed by atoms with van der Waals surface area (Å²) in [7, 11) is 0. The van der Waals surface area contributed by atoms with Gasteiger partial charge in [0.15, 0.2) is 11.5 Å². The van der Waals surface area contributed by atoms with E-state index in [1.54, 1.807) is 13.8 Å². The predicted octanol–water partition coefficient (Wildman–Crippen LogP) is 2.50. The van der Waals surface area contributed by atoms with Crippen molar-refractivity contribution >= 4 is 12.0 Å². The number of hydrogen-bond acceptors (Lipinski definition) is 6. The van der Waals surface area contributed by atoms with Gasteiger partial charge in [-0.25, -0.2) is 9.59 Å². The van der Waals surface area contributed by atoms with Crippen LogP contribution in [0.15, 0.2) is 29.5 Å². The van der Waals surface area contributed by atoms with Crippen molar-refractivity contribution < 1.29 is 23.8 Å². The van der Waals surface area contributed by atoms with Crippen LogP contribution in [0.25, 0.3) is 0 Å². The van der Waals surface area contributed by atoms with Crippen LogP contribution >= 0.6 is 0 Å². The summed E-state index contributed by atoms with van der Waals surface area (Å²) in [5, 5.41) is 5.58. The van der Waals surface area contributed by atoms with Crippen LogP contribution in [0.5, 0.6) is 11.5 Å². The molecule has 1 fully saturated rings. The van der Waals surface area contributed by atoms with E-state index < -0.39 is 6.04 Å². The Morgan fingerprint density at radius 2 is 2.03 bits per heavy atom. The second kappa shape index (κ2) is 8.95. The molecule has 3 heterocycles. The van der Waals surface area contributed by atoms with Crippen molar-refractivity contribution in [1.29, 1.82) is 0 Å². The van der Waals surface area contributed by atoms with Gasteiger partial charge in [0.05, 0.1) is 31.4 Å². The van der Waals surface area contributed by atoms with Crippen LogP contribution in [0.4, 0.5) is 4.79 Å². The number of ether oxygens (including phenoxy) is 3. The fourth-order valence-electron chi connectivity index (χ4n) is 4.39. The van der Waals surface area contributed by atoms with Gasteiger partial charge in [-0.15, -0.1) is 0 Å². The van der Waals surface area contributed by atoms with E-state index in [1.165, 1.54) is 0 Å². The topological polar surface area (TPSA) is 89.1 Å². The number of likely N-dealkylation sites (tertiary alicyclic amines) is 1. The molecule has 1 aromatic rings. The van der Waals surface area contributed by atoms with Gasteiger partial charge in [-0.1, -0.05) is 6.07 Å². The zero-order chi connectivity index (χ0) is 21.1. The number of carbonyl (C=O) groups excluding carboxylic acids is 2. The van der Waals surface area contributed by atoms with Crippen molar-refractivity contribution in [2.75, 3.05) is 32.9 Å². The van der Waals surface area contributed by atoms with E-state index in [2.05, 4.69) is 27.7 Å². The number of urea groups is 1. The van der Waals surface area contributed by atoms with Crippen molar-refractivity contribution in [3.8, 4) is 11.5 Å². The molecule has 2 atom stereocenters. The standard InChI is InChI=1S/C22H29N3O5/c1-3-28-21(26)20-14(2)23-22(27)24-16(20)13-25-9-4-6-17(25)15-7-8-18-19(12-15)30-11-5-10-29-18/h7-8,12,14,17H,3-6,9-11,13H2,1-2H3,(H2,23,24,27)/t14-,17-/m0/s1. The van der Waals surface area contributed by atoms with Crippen molar-refractivity contribution in [2.45, 2.75) is 45.2 Å². The fraction of sp³-hybridized carbons (Fsp3) is 0.545. The molecule has 1 aromatic carbocycles. The third kappa shape index (κ3) is 4.23. The molecule has 4 rings (SSSR count). The molecule has 0 unspecified atom stereocenters. The van der Waals surface area contributed by atoms with Gasteiger partial charge in [-0.05, 0) is 50.9 Å². The summed E-state index contributed by atoms with van der Waals surface area (Å²) in [6.45, 7) is 6.55. The Kier molecular flexibility index (Phi) is 6.13. The number of benzene rings is 1. The Hall–Kier alpha value is -2.74. The first-order valence-electron chi connectivity index (χ1n) is 10.7. The number of hydrogen-bond donors (Lipinski definition) is 2. The van der Waals surface area contributed by atoms with E-state index in [0.29, 0.717) is 37.6 Å². The summed E-state index contributed by atoms with van der Waals surface area (Å²) < 4.78 is 16.8. The van der Waals surface area contributed by atoms with Crippen LogP contribution in [-0.4, -0.2) is 55.9 Å². The molecule has 3 aliphatic heterocycles. The molecule has 0 bridgehead atoms. The van der Waals surface area contributed by atoms with Crippen LogP contribution in [0.3, 0.4) is 0 Å². The molecule has 0 saturated carbocycles. The van der Waals surface area contributed by atoms with E-state index in [1.807, 2.05) is 6.07 Å². The minimum absolute atomic E-state index is 0.181. The number of nitrogens with one attached hydrogen (secondary N) is 2. The molecule has 0 aliphatic carbocycles. The lowest BCUT2D eigenvalue weighted by Crippen LogP contribution is -2.51. The molecular formula is C22H29N3O5. The summed E-state index contributed by atoms with van der Waals surface area (Å²) in [4.78, 5) is 26.9. The summed E-state index contributed by atoms with van der Waals surface area (Å²) in [6.07, 6.45) is 2.92. The monoisotopic (exact) mass is 415 g/mol. The third-order valence-corrected chi connectivity index (χ3v) is 5.75. The lowest BCUT2D eigenvalue weighted by molar-refractivity contribution is -0.139. The maximum absolute atomic E-state index is 12.5. The van der Waals surface area contributed by atoms with Crippen LogP contribution < -0.4 is 20.1 Å².